The maximum absolute atomic E-state index is 15.5. The van der Waals surface area contributed by atoms with E-state index >= 15 is 4.39 Å². The number of nitrogen functional groups attached to an aromatic ring is 1. The molecule has 2 fully saturated rings. The molecule has 0 bridgehead atoms. The Morgan fingerprint density at radius 1 is 1.31 bits per heavy atom. The van der Waals surface area contributed by atoms with Crippen molar-refractivity contribution in [1.82, 2.24) is 19.5 Å². The third-order valence-corrected chi connectivity index (χ3v) is 6.48. The molecule has 2 aromatic heterocycles. The molecule has 1 aliphatic carbocycles. The molecule has 0 spiro atoms. The molecule has 2 aliphatic rings. The Balaban J connectivity index is 1.41. The number of carbonyl (C=O) groups is 2. The summed E-state index contributed by atoms with van der Waals surface area (Å²) in [4.78, 5) is 35.9. The Morgan fingerprint density at radius 3 is 2.53 bits per heavy atom. The van der Waals surface area contributed by atoms with E-state index < -0.39 is 54.2 Å². The van der Waals surface area contributed by atoms with Crippen molar-refractivity contribution in [1.29, 1.82) is 5.26 Å². The maximum Gasteiger partial charge on any atom is 0.348 e. The SMILES string of the molecule is N#Cc1ccc(CC(OC2[C@H]3O[C@@H](n4cnc5c(N)nc(Cl)nc54)[C@@H](F)[C@@]23O)(C(=O)O)C(=O)O)cc1. The number of ether oxygens (including phenoxy) is 2. The van der Waals surface area contributed by atoms with E-state index in [0.29, 0.717) is 0 Å². The summed E-state index contributed by atoms with van der Waals surface area (Å²) in [5.41, 5.74) is 1.20. The highest BCUT2D eigenvalue weighted by atomic mass is 35.5. The number of nitrogens with zero attached hydrogens (tertiary/aromatic N) is 5. The van der Waals surface area contributed by atoms with E-state index in [9.17, 15) is 24.9 Å². The van der Waals surface area contributed by atoms with Crippen LogP contribution in [0, 0.1) is 11.3 Å². The van der Waals surface area contributed by atoms with Crippen molar-refractivity contribution in [2.24, 2.45) is 0 Å². The third kappa shape index (κ3) is 3.36. The Bertz CT molecular complexity index is 1430. The number of halogens is 2. The van der Waals surface area contributed by atoms with Crippen LogP contribution in [-0.4, -0.2) is 76.4 Å². The van der Waals surface area contributed by atoms with Crippen LogP contribution in [-0.2, 0) is 25.5 Å². The lowest BCUT2D eigenvalue weighted by Crippen LogP contribution is -2.53. The monoisotopic (exact) mass is 518 g/mol. The minimum absolute atomic E-state index is 0.0359. The van der Waals surface area contributed by atoms with E-state index in [1.165, 1.54) is 24.3 Å². The van der Waals surface area contributed by atoms with Crippen LogP contribution in [0.1, 0.15) is 17.4 Å². The largest absolute Gasteiger partial charge is 0.479 e. The number of aliphatic carboxylic acids is 2. The van der Waals surface area contributed by atoms with Crippen LogP contribution in [0.3, 0.4) is 0 Å². The molecule has 13 nitrogen and oxygen atoms in total. The summed E-state index contributed by atoms with van der Waals surface area (Å²) in [6.07, 6.45) is -6.13. The van der Waals surface area contributed by atoms with Crippen molar-refractivity contribution in [2.75, 3.05) is 5.73 Å². The summed E-state index contributed by atoms with van der Waals surface area (Å²) in [5.74, 6) is -3.78. The number of alkyl halides is 1. The summed E-state index contributed by atoms with van der Waals surface area (Å²) in [6.45, 7) is 0. The van der Waals surface area contributed by atoms with Gasteiger partial charge in [-0.25, -0.2) is 19.0 Å². The quantitative estimate of drug-likeness (QED) is 0.248. The number of anilines is 1. The molecule has 3 aromatic rings. The van der Waals surface area contributed by atoms with Crippen LogP contribution in [0.5, 0.6) is 0 Å². The molecular weight excluding hydrogens is 503 g/mol. The summed E-state index contributed by atoms with van der Waals surface area (Å²) in [7, 11) is 0. The number of fused-ring (bicyclic) bond motifs is 2. The molecule has 1 saturated heterocycles. The van der Waals surface area contributed by atoms with Gasteiger partial charge >= 0.3 is 11.9 Å². The second kappa shape index (κ2) is 8.07. The maximum atomic E-state index is 15.5. The molecule has 15 heteroatoms. The first-order chi connectivity index (χ1) is 17.0. The van der Waals surface area contributed by atoms with Crippen molar-refractivity contribution in [2.45, 2.75) is 42.2 Å². The highest BCUT2D eigenvalue weighted by molar-refractivity contribution is 6.28. The van der Waals surface area contributed by atoms with Crippen LogP contribution in [0.15, 0.2) is 30.6 Å². The van der Waals surface area contributed by atoms with Crippen LogP contribution in [0.2, 0.25) is 5.28 Å². The topological polar surface area (TPSA) is 207 Å². The second-order valence-corrected chi connectivity index (χ2v) is 8.74. The van der Waals surface area contributed by atoms with Crippen molar-refractivity contribution in [3.63, 3.8) is 0 Å². The Kier molecular flexibility index (Phi) is 5.34. The number of imidazole rings is 1. The van der Waals surface area contributed by atoms with Crippen molar-refractivity contribution < 1.29 is 38.8 Å². The van der Waals surface area contributed by atoms with Crippen LogP contribution in [0.25, 0.3) is 11.2 Å². The Hall–Kier alpha value is -3.90. The van der Waals surface area contributed by atoms with Gasteiger partial charge < -0.3 is 30.5 Å². The van der Waals surface area contributed by atoms with E-state index in [1.54, 1.807) is 0 Å². The normalized spacial score (nSPS) is 26.9. The average molecular weight is 519 g/mol. The van der Waals surface area contributed by atoms with Gasteiger partial charge in [-0.3, -0.25) is 4.57 Å². The first kappa shape index (κ1) is 23.8. The zero-order valence-corrected chi connectivity index (χ0v) is 18.7. The fourth-order valence-corrected chi connectivity index (χ4v) is 4.49. The van der Waals surface area contributed by atoms with Gasteiger partial charge in [-0.2, -0.15) is 15.2 Å². The Labute approximate surface area is 205 Å². The lowest BCUT2D eigenvalue weighted by molar-refractivity contribution is -0.194. The zero-order valence-electron chi connectivity index (χ0n) is 17.9. The minimum Gasteiger partial charge on any atom is -0.479 e. The molecule has 1 unspecified atom stereocenters. The number of carboxylic acids is 2. The standard InChI is InChI=1S/C21H16ClFN6O7/c22-19-27-14(25)10-15(28-19)29(7-26-10)16-11(23)21(34)12(35-16)13(21)36-20(17(30)31,18(32)33)5-8-1-3-9(6-24)4-2-8/h1-4,7,11-13,16,34H,5H2,(H,30,31)(H,32,33)(H2,25,27,28)/t11-,12-,13?,16-,21+/m1/s1. The molecule has 1 aromatic carbocycles. The fraction of sp³-hybridized carbons (Fsp3) is 0.333. The molecule has 1 aliphatic heterocycles. The molecule has 5 rings (SSSR count). The average Bonchev–Trinajstić information content (AvgIpc) is 3.08. The van der Waals surface area contributed by atoms with Gasteiger partial charge in [0.2, 0.25) is 5.28 Å². The first-order valence-electron chi connectivity index (χ1n) is 10.3. The van der Waals surface area contributed by atoms with Gasteiger partial charge in [-0.1, -0.05) is 12.1 Å². The minimum atomic E-state index is -2.87. The van der Waals surface area contributed by atoms with Gasteiger partial charge in [0.05, 0.1) is 18.0 Å². The highest BCUT2D eigenvalue weighted by Crippen LogP contribution is 2.58. The number of nitriles is 1. The number of nitrogens with two attached hydrogens (primary N) is 1. The predicted octanol–water partition coefficient (Wildman–Crippen LogP) is 0.450. The van der Waals surface area contributed by atoms with Crippen LogP contribution >= 0.6 is 11.6 Å². The number of hydrogen-bond donors (Lipinski definition) is 4. The lowest BCUT2D eigenvalue weighted by Gasteiger charge is -2.28. The van der Waals surface area contributed by atoms with E-state index in [1.807, 2.05) is 6.07 Å². The number of hydrogen-bond acceptors (Lipinski definition) is 10. The molecule has 1 saturated carbocycles. The first-order valence-corrected chi connectivity index (χ1v) is 10.7. The van der Waals surface area contributed by atoms with Gasteiger partial charge in [-0.15, -0.1) is 0 Å². The second-order valence-electron chi connectivity index (χ2n) is 8.40. The van der Waals surface area contributed by atoms with E-state index in [-0.39, 0.29) is 33.4 Å². The summed E-state index contributed by atoms with van der Waals surface area (Å²) >= 11 is 5.82. The van der Waals surface area contributed by atoms with Crippen LogP contribution in [0.4, 0.5) is 10.2 Å². The highest BCUT2D eigenvalue weighted by Gasteiger charge is 2.80. The summed E-state index contributed by atoms with van der Waals surface area (Å²) in [5, 5.41) is 39.2. The van der Waals surface area contributed by atoms with E-state index in [2.05, 4.69) is 15.0 Å². The summed E-state index contributed by atoms with van der Waals surface area (Å²) < 4.78 is 27.6. The Morgan fingerprint density at radius 2 is 1.97 bits per heavy atom. The number of carboxylic acid groups (broad SMARTS) is 2. The van der Waals surface area contributed by atoms with Crippen molar-refractivity contribution in [3.05, 3.63) is 47.0 Å². The van der Waals surface area contributed by atoms with Gasteiger partial charge in [0, 0.05) is 6.42 Å². The van der Waals surface area contributed by atoms with Crippen molar-refractivity contribution in [3.8, 4) is 6.07 Å². The molecule has 36 heavy (non-hydrogen) atoms. The zero-order chi connectivity index (χ0) is 26.0. The van der Waals surface area contributed by atoms with Crippen LogP contribution < -0.4 is 5.73 Å². The van der Waals surface area contributed by atoms with Crippen molar-refractivity contribution >= 4 is 40.5 Å². The van der Waals surface area contributed by atoms with E-state index in [4.69, 9.17) is 32.1 Å². The van der Waals surface area contributed by atoms with Gasteiger partial charge in [0.25, 0.3) is 5.60 Å². The lowest BCUT2D eigenvalue weighted by atomic mass is 9.93. The number of benzene rings is 1. The summed E-state index contributed by atoms with van der Waals surface area (Å²) in [6, 6.07) is 7.40. The molecule has 0 amide bonds. The number of aliphatic hydroxyl groups is 1. The van der Waals surface area contributed by atoms with E-state index in [0.717, 1.165) is 10.9 Å². The van der Waals surface area contributed by atoms with Gasteiger partial charge in [-0.05, 0) is 29.3 Å². The fourth-order valence-electron chi connectivity index (χ4n) is 4.32. The number of aromatic nitrogens is 4. The molecule has 5 atom stereocenters. The smallest absolute Gasteiger partial charge is 0.348 e. The predicted molar refractivity (Wildman–Crippen MR) is 116 cm³/mol. The molecule has 186 valence electrons. The van der Waals surface area contributed by atoms with Gasteiger partial charge in [0.1, 0.15) is 17.7 Å². The molecule has 3 heterocycles. The van der Waals surface area contributed by atoms with Gasteiger partial charge in [0.15, 0.2) is 29.5 Å². The molecule has 0 radical (unpaired) electrons. The molecular formula is C21H16ClFN6O7. The number of rotatable bonds is 7. The third-order valence-electron chi connectivity index (χ3n) is 6.31. The molecule has 5 N–H and O–H groups in total.